The molecule has 1 rings (SSSR count). The van der Waals surface area contributed by atoms with E-state index in [-0.39, 0.29) is 24.5 Å². The van der Waals surface area contributed by atoms with Crippen molar-refractivity contribution in [1.29, 1.82) is 0 Å². The number of aromatic hydroxyl groups is 1. The number of phenolic OH excluding ortho intramolecular Hbond substituents is 1. The van der Waals surface area contributed by atoms with Crippen LogP contribution in [0, 0.1) is 11.8 Å². The van der Waals surface area contributed by atoms with Crippen molar-refractivity contribution in [3.05, 3.63) is 29.8 Å². The zero-order chi connectivity index (χ0) is 32.7. The second kappa shape index (κ2) is 18.7. The van der Waals surface area contributed by atoms with Crippen molar-refractivity contribution in [2.24, 2.45) is 29.0 Å². The Balaban J connectivity index is 3.26. The summed E-state index contributed by atoms with van der Waals surface area (Å²) in [6.45, 7) is 6.94. The first kappa shape index (κ1) is 37.3. The molecule has 0 unspecified atom stereocenters. The monoisotopic (exact) mass is 607 g/mol. The van der Waals surface area contributed by atoms with E-state index < -0.39 is 72.3 Å². The van der Waals surface area contributed by atoms with Gasteiger partial charge in [-0.05, 0) is 61.8 Å². The molecule has 43 heavy (non-hydrogen) atoms. The maximum absolute atomic E-state index is 13.6. The van der Waals surface area contributed by atoms with Gasteiger partial charge in [0.15, 0.2) is 0 Å². The van der Waals surface area contributed by atoms with Gasteiger partial charge in [-0.1, -0.05) is 39.8 Å². The lowest BCUT2D eigenvalue weighted by Gasteiger charge is -2.28. The second-order valence-corrected chi connectivity index (χ2v) is 11.4. The SMILES string of the molecule is CC(C)C[C@H](NC(=O)[C@@H](NC(=O)[C@H](Cc1ccc(O)cc1)NC(=O)[C@H](CCCCN)NC(=O)[C@@H](N)CO)C(C)C)C(N)=O. The Hall–Kier alpha value is -3.75. The van der Waals surface area contributed by atoms with Crippen LogP contribution in [0.1, 0.15) is 58.9 Å². The summed E-state index contributed by atoms with van der Waals surface area (Å²) in [4.78, 5) is 64.5. The standard InChI is InChI=1S/C29H49N7O7/c1-16(2)13-22(25(32)39)34-29(43)24(17(3)4)36-28(42)23(14-18-8-10-19(38)11-9-18)35-27(41)21(7-5-6-12-30)33-26(40)20(31)15-37/h8-11,16-17,20-24,37-38H,5-7,12-15,30-31H2,1-4H3,(H2,32,39)(H,33,40)(H,34,43)(H,35,41)(H,36,42)/t20-,21-,22-,23-,24-/m0/s1. The van der Waals surface area contributed by atoms with E-state index in [9.17, 15) is 34.2 Å². The normalized spacial score (nSPS) is 14.7. The van der Waals surface area contributed by atoms with Gasteiger partial charge in [-0.2, -0.15) is 0 Å². The molecule has 0 aromatic heterocycles. The van der Waals surface area contributed by atoms with Crippen LogP contribution in [0.3, 0.4) is 0 Å². The van der Waals surface area contributed by atoms with Crippen molar-refractivity contribution in [3.8, 4) is 5.75 Å². The number of rotatable bonds is 19. The molecule has 0 radical (unpaired) electrons. The van der Waals surface area contributed by atoms with Crippen LogP contribution in [0.15, 0.2) is 24.3 Å². The van der Waals surface area contributed by atoms with E-state index in [1.54, 1.807) is 26.0 Å². The minimum Gasteiger partial charge on any atom is -0.508 e. The summed E-state index contributed by atoms with van der Waals surface area (Å²) in [6, 6.07) is 0.507. The van der Waals surface area contributed by atoms with Gasteiger partial charge in [-0.3, -0.25) is 24.0 Å². The van der Waals surface area contributed by atoms with Crippen LogP contribution in [0.2, 0.25) is 0 Å². The molecular weight excluding hydrogens is 558 g/mol. The highest BCUT2D eigenvalue weighted by Crippen LogP contribution is 2.13. The number of benzene rings is 1. The van der Waals surface area contributed by atoms with Crippen LogP contribution in [0.25, 0.3) is 0 Å². The van der Waals surface area contributed by atoms with Gasteiger partial charge in [-0.15, -0.1) is 0 Å². The van der Waals surface area contributed by atoms with Crippen molar-refractivity contribution >= 4 is 29.5 Å². The summed E-state index contributed by atoms with van der Waals surface area (Å²) < 4.78 is 0. The first-order valence-corrected chi connectivity index (χ1v) is 14.5. The number of aliphatic hydroxyl groups is 1. The highest BCUT2D eigenvalue weighted by molar-refractivity contribution is 5.96. The molecule has 0 saturated carbocycles. The molecule has 242 valence electrons. The Morgan fingerprint density at radius 1 is 0.791 bits per heavy atom. The van der Waals surface area contributed by atoms with E-state index in [1.165, 1.54) is 12.1 Å². The Morgan fingerprint density at radius 3 is 1.86 bits per heavy atom. The predicted molar refractivity (Wildman–Crippen MR) is 161 cm³/mol. The Morgan fingerprint density at radius 2 is 1.35 bits per heavy atom. The first-order chi connectivity index (χ1) is 20.2. The van der Waals surface area contributed by atoms with Gasteiger partial charge < -0.3 is 48.7 Å². The van der Waals surface area contributed by atoms with Crippen molar-refractivity contribution in [2.45, 2.75) is 90.0 Å². The Bertz CT molecular complexity index is 1070. The van der Waals surface area contributed by atoms with Crippen LogP contribution in [-0.4, -0.2) is 83.1 Å². The molecule has 0 fully saturated rings. The summed E-state index contributed by atoms with van der Waals surface area (Å²) >= 11 is 0. The molecule has 12 N–H and O–H groups in total. The number of nitrogens with two attached hydrogens (primary N) is 3. The van der Waals surface area contributed by atoms with Crippen molar-refractivity contribution in [2.75, 3.05) is 13.2 Å². The molecule has 5 amide bonds. The number of aliphatic hydroxyl groups excluding tert-OH is 1. The lowest BCUT2D eigenvalue weighted by atomic mass is 9.98. The van der Waals surface area contributed by atoms with E-state index in [0.29, 0.717) is 31.4 Å². The summed E-state index contributed by atoms with van der Waals surface area (Å²) in [5.74, 6) is -3.72. The fraction of sp³-hybridized carbons (Fsp3) is 0.621. The molecular formula is C29H49N7O7. The van der Waals surface area contributed by atoms with E-state index in [1.807, 2.05) is 13.8 Å². The molecule has 0 aliphatic heterocycles. The maximum Gasteiger partial charge on any atom is 0.243 e. The number of primary amides is 1. The van der Waals surface area contributed by atoms with Gasteiger partial charge in [0.2, 0.25) is 29.5 Å². The maximum atomic E-state index is 13.6. The van der Waals surface area contributed by atoms with Crippen LogP contribution in [0.4, 0.5) is 0 Å². The third kappa shape index (κ3) is 13.4. The van der Waals surface area contributed by atoms with Crippen molar-refractivity contribution in [1.82, 2.24) is 21.3 Å². The number of hydrogen-bond donors (Lipinski definition) is 9. The van der Waals surface area contributed by atoms with Gasteiger partial charge in [0, 0.05) is 6.42 Å². The Kier molecular flexibility index (Phi) is 16.2. The van der Waals surface area contributed by atoms with Crippen LogP contribution in [-0.2, 0) is 30.4 Å². The summed E-state index contributed by atoms with van der Waals surface area (Å²) in [7, 11) is 0. The molecule has 0 bridgehead atoms. The van der Waals surface area contributed by atoms with Crippen molar-refractivity contribution < 1.29 is 34.2 Å². The molecule has 0 aliphatic rings. The van der Waals surface area contributed by atoms with E-state index in [2.05, 4.69) is 21.3 Å². The predicted octanol–water partition coefficient (Wildman–Crippen LogP) is -1.49. The van der Waals surface area contributed by atoms with Gasteiger partial charge >= 0.3 is 0 Å². The molecule has 14 heteroatoms. The highest BCUT2D eigenvalue weighted by Gasteiger charge is 2.33. The average Bonchev–Trinajstić information content (AvgIpc) is 2.94. The van der Waals surface area contributed by atoms with Gasteiger partial charge in [0.05, 0.1) is 6.61 Å². The molecule has 14 nitrogen and oxygen atoms in total. The number of nitrogens with one attached hydrogen (secondary N) is 4. The molecule has 1 aromatic rings. The summed E-state index contributed by atoms with van der Waals surface area (Å²) in [5.41, 5.74) is 17.3. The fourth-order valence-corrected chi connectivity index (χ4v) is 4.24. The van der Waals surface area contributed by atoms with E-state index in [0.717, 1.165) is 0 Å². The number of carbonyl (C=O) groups excluding carboxylic acids is 5. The molecule has 0 saturated heterocycles. The van der Waals surface area contributed by atoms with Gasteiger partial charge in [0.25, 0.3) is 0 Å². The zero-order valence-electron chi connectivity index (χ0n) is 25.5. The quantitative estimate of drug-likeness (QED) is 0.0829. The molecule has 0 heterocycles. The van der Waals surface area contributed by atoms with Gasteiger partial charge in [-0.25, -0.2) is 0 Å². The third-order valence-electron chi connectivity index (χ3n) is 6.74. The number of unbranched alkanes of at least 4 members (excludes halogenated alkanes) is 1. The average molecular weight is 608 g/mol. The number of amides is 5. The number of hydrogen-bond acceptors (Lipinski definition) is 9. The van der Waals surface area contributed by atoms with Crippen LogP contribution in [0.5, 0.6) is 5.75 Å². The molecule has 0 spiro atoms. The van der Waals surface area contributed by atoms with Crippen LogP contribution >= 0.6 is 0 Å². The third-order valence-corrected chi connectivity index (χ3v) is 6.74. The van der Waals surface area contributed by atoms with Crippen molar-refractivity contribution in [3.63, 3.8) is 0 Å². The smallest absolute Gasteiger partial charge is 0.243 e. The lowest BCUT2D eigenvalue weighted by Crippen LogP contribution is -2.60. The summed E-state index contributed by atoms with van der Waals surface area (Å²) in [5, 5.41) is 29.4. The van der Waals surface area contributed by atoms with Crippen LogP contribution < -0.4 is 38.5 Å². The number of carbonyl (C=O) groups is 5. The largest absolute Gasteiger partial charge is 0.508 e. The first-order valence-electron chi connectivity index (χ1n) is 14.5. The highest BCUT2D eigenvalue weighted by atomic mass is 16.3. The van der Waals surface area contributed by atoms with E-state index >= 15 is 0 Å². The second-order valence-electron chi connectivity index (χ2n) is 11.4. The number of phenols is 1. The molecule has 0 aliphatic carbocycles. The fourth-order valence-electron chi connectivity index (χ4n) is 4.24. The topological polar surface area (TPSA) is 252 Å². The lowest BCUT2D eigenvalue weighted by molar-refractivity contribution is -0.135. The Labute approximate surface area is 252 Å². The zero-order valence-corrected chi connectivity index (χ0v) is 25.5. The summed E-state index contributed by atoms with van der Waals surface area (Å²) in [6.07, 6.45) is 1.57. The molecule has 5 atom stereocenters. The van der Waals surface area contributed by atoms with E-state index in [4.69, 9.17) is 17.2 Å². The molecule has 1 aromatic carbocycles. The minimum atomic E-state index is -1.24. The van der Waals surface area contributed by atoms with Gasteiger partial charge in [0.1, 0.15) is 36.0 Å². The minimum absolute atomic E-state index is 0.0126.